The lowest BCUT2D eigenvalue weighted by molar-refractivity contribution is -0.171. The summed E-state index contributed by atoms with van der Waals surface area (Å²) >= 11 is 0. The minimum atomic E-state index is -0.717. The van der Waals surface area contributed by atoms with E-state index in [-0.39, 0.29) is 30.7 Å². The summed E-state index contributed by atoms with van der Waals surface area (Å²) in [7, 11) is 0. The predicted octanol–water partition coefficient (Wildman–Crippen LogP) is 12.1. The van der Waals surface area contributed by atoms with Gasteiger partial charge in [0.1, 0.15) is 5.78 Å². The van der Waals surface area contributed by atoms with Crippen molar-refractivity contribution in [1.82, 2.24) is 0 Å². The Kier molecular flexibility index (Phi) is 26.1. The van der Waals surface area contributed by atoms with E-state index in [1.165, 1.54) is 57.8 Å². The Balaban J connectivity index is 0.000000320. The number of hydrogen-bond donors (Lipinski definition) is 3. The summed E-state index contributed by atoms with van der Waals surface area (Å²) in [5.41, 5.74) is 0. The molecule has 4 rings (SSSR count). The molecule has 0 bridgehead atoms. The molecule has 0 aromatic carbocycles. The highest BCUT2D eigenvalue weighted by atomic mass is 16.7. The Morgan fingerprint density at radius 1 is 0.533 bits per heavy atom. The number of aliphatic hydroxyl groups is 1. The van der Waals surface area contributed by atoms with Gasteiger partial charge in [-0.3, -0.25) is 14.4 Å². The molecule has 10 nitrogen and oxygen atoms in total. The number of hydrogen-bond acceptors (Lipinski definition) is 8. The van der Waals surface area contributed by atoms with Crippen molar-refractivity contribution in [2.45, 2.75) is 238 Å². The molecular formula is C50H90O10. The van der Waals surface area contributed by atoms with Crippen molar-refractivity contribution in [2.75, 3.05) is 26.4 Å². The first kappa shape index (κ1) is 52.8. The van der Waals surface area contributed by atoms with Crippen LogP contribution in [0.3, 0.4) is 0 Å². The van der Waals surface area contributed by atoms with Gasteiger partial charge in [0.25, 0.3) is 0 Å². The summed E-state index contributed by atoms with van der Waals surface area (Å²) in [5, 5.41) is 28.1. The van der Waals surface area contributed by atoms with Gasteiger partial charge in [0.2, 0.25) is 0 Å². The summed E-state index contributed by atoms with van der Waals surface area (Å²) in [5.74, 6) is 0.684. The quantitative estimate of drug-likeness (QED) is 0.0558. The average Bonchev–Trinajstić information content (AvgIpc) is 3.99. The standard InChI is InChI=1S/C25H46O5.C25H44O5/c2*1-3-4-5-8-11-15-25(29-17-18-30-25)16-14-21-20(2)19-23(26)22(21)12-9-6-7-10-13-24(27)28/h20-23,26H,3-19H2,1-2H3,(H,27,28);20-22H,3-19H2,1-2H3,(H,27,28)/t20?,21-,22?,23?;20?,21-,22?/m00/s1. The van der Waals surface area contributed by atoms with Crippen molar-refractivity contribution < 1.29 is 48.7 Å². The molecule has 4 aliphatic rings. The van der Waals surface area contributed by atoms with Gasteiger partial charge < -0.3 is 34.3 Å². The van der Waals surface area contributed by atoms with Crippen molar-refractivity contribution in [2.24, 2.45) is 35.5 Å². The number of unbranched alkanes of at least 4 members (excludes halogenated alkanes) is 14. The maximum absolute atomic E-state index is 12.6. The molecule has 0 spiro atoms. The van der Waals surface area contributed by atoms with Crippen molar-refractivity contribution in [3.63, 3.8) is 0 Å². The van der Waals surface area contributed by atoms with E-state index in [2.05, 4.69) is 27.7 Å². The third-order valence-electron chi connectivity index (χ3n) is 14.6. The first-order chi connectivity index (χ1) is 28.9. The molecule has 0 aromatic rings. The number of carbonyl (C=O) groups is 3. The van der Waals surface area contributed by atoms with Crippen LogP contribution in [0.15, 0.2) is 0 Å². The van der Waals surface area contributed by atoms with E-state index in [0.717, 1.165) is 116 Å². The lowest BCUT2D eigenvalue weighted by Gasteiger charge is -2.31. The number of carboxylic acid groups (broad SMARTS) is 2. The van der Waals surface area contributed by atoms with Crippen molar-refractivity contribution in [3.8, 4) is 0 Å². The molecule has 4 fully saturated rings. The Bertz CT molecular complexity index is 1160. The minimum Gasteiger partial charge on any atom is -0.481 e. The van der Waals surface area contributed by atoms with Gasteiger partial charge in [-0.1, -0.05) is 118 Å². The zero-order valence-electron chi connectivity index (χ0n) is 38.8. The Morgan fingerprint density at radius 2 is 0.967 bits per heavy atom. The van der Waals surface area contributed by atoms with Gasteiger partial charge in [0.05, 0.1) is 32.5 Å². The monoisotopic (exact) mass is 851 g/mol. The normalized spacial score (nSPS) is 27.0. The number of rotatable bonds is 32. The Morgan fingerprint density at radius 3 is 1.45 bits per heavy atom. The van der Waals surface area contributed by atoms with Crippen LogP contribution in [0.5, 0.6) is 0 Å². The highest BCUT2D eigenvalue weighted by molar-refractivity contribution is 5.83. The van der Waals surface area contributed by atoms with E-state index in [9.17, 15) is 19.5 Å². The Hall–Kier alpha value is -1.59. The van der Waals surface area contributed by atoms with Crippen molar-refractivity contribution in [1.29, 1.82) is 0 Å². The molecule has 60 heavy (non-hydrogen) atoms. The van der Waals surface area contributed by atoms with Crippen LogP contribution in [0.4, 0.5) is 0 Å². The molecule has 2 saturated heterocycles. The number of ketones is 1. The summed E-state index contributed by atoms with van der Waals surface area (Å²) < 4.78 is 24.4. The first-order valence-electron chi connectivity index (χ1n) is 25.1. The average molecular weight is 851 g/mol. The fourth-order valence-corrected chi connectivity index (χ4v) is 11.1. The van der Waals surface area contributed by atoms with Crippen molar-refractivity contribution >= 4 is 17.7 Å². The highest BCUT2D eigenvalue weighted by Gasteiger charge is 2.44. The molecule has 10 heteroatoms. The van der Waals surface area contributed by atoms with Gasteiger partial charge in [0, 0.05) is 50.9 Å². The molecule has 5 unspecified atom stereocenters. The largest absolute Gasteiger partial charge is 0.481 e. The van der Waals surface area contributed by atoms with Gasteiger partial charge in [-0.05, 0) is 87.4 Å². The lowest BCUT2D eigenvalue weighted by Crippen LogP contribution is -2.32. The van der Waals surface area contributed by atoms with Crippen LogP contribution in [0.25, 0.3) is 0 Å². The maximum atomic E-state index is 12.6. The topological polar surface area (TPSA) is 149 Å². The van der Waals surface area contributed by atoms with Crippen LogP contribution in [0, 0.1) is 35.5 Å². The number of carboxylic acids is 2. The van der Waals surface area contributed by atoms with Crippen LogP contribution < -0.4 is 0 Å². The van der Waals surface area contributed by atoms with Crippen LogP contribution in [-0.2, 0) is 33.3 Å². The van der Waals surface area contributed by atoms with Gasteiger partial charge in [-0.15, -0.1) is 0 Å². The predicted molar refractivity (Wildman–Crippen MR) is 238 cm³/mol. The second-order valence-corrected chi connectivity index (χ2v) is 19.3. The molecule has 0 amide bonds. The van der Waals surface area contributed by atoms with E-state index in [1.54, 1.807) is 0 Å². The fraction of sp³-hybridized carbons (Fsp3) is 0.940. The number of aliphatic hydroxyl groups excluding tert-OH is 1. The SMILES string of the molecule is CCCCCCCC1(CC[C@H]2C(C)CC(=O)C2CCCCCCC(=O)O)OCCO1.CCCCCCCC1(CC[C@H]2C(C)CC(O)C2CCCCCCC(=O)O)OCCO1. The summed E-state index contributed by atoms with van der Waals surface area (Å²) in [6, 6.07) is 0. The van der Waals surface area contributed by atoms with Gasteiger partial charge in [-0.2, -0.15) is 0 Å². The first-order valence-corrected chi connectivity index (χ1v) is 25.1. The molecule has 2 aliphatic carbocycles. The summed E-state index contributed by atoms with van der Waals surface area (Å²) in [6.45, 7) is 11.8. The van der Waals surface area contributed by atoms with Gasteiger partial charge >= 0.3 is 11.9 Å². The number of Topliss-reactive ketones (excluding diaryl/α,β-unsaturated/α-hetero) is 1. The van der Waals surface area contributed by atoms with Gasteiger partial charge in [-0.25, -0.2) is 0 Å². The van der Waals surface area contributed by atoms with Gasteiger partial charge in [0.15, 0.2) is 11.6 Å². The van der Waals surface area contributed by atoms with Crippen molar-refractivity contribution in [3.05, 3.63) is 0 Å². The van der Waals surface area contributed by atoms with E-state index in [0.29, 0.717) is 68.2 Å². The minimum absolute atomic E-state index is 0.169. The van der Waals surface area contributed by atoms with E-state index >= 15 is 0 Å². The lowest BCUT2D eigenvalue weighted by atomic mass is 9.81. The zero-order valence-corrected chi connectivity index (χ0v) is 38.8. The fourth-order valence-electron chi connectivity index (χ4n) is 11.1. The van der Waals surface area contributed by atoms with Crippen LogP contribution >= 0.6 is 0 Å². The molecular weight excluding hydrogens is 761 g/mol. The second-order valence-electron chi connectivity index (χ2n) is 19.3. The third kappa shape index (κ3) is 19.4. The van der Waals surface area contributed by atoms with Crippen LogP contribution in [0.1, 0.15) is 220 Å². The number of ether oxygens (including phenoxy) is 4. The van der Waals surface area contributed by atoms with Crippen LogP contribution in [-0.4, -0.2) is 77.1 Å². The second kappa shape index (κ2) is 29.7. The number of carbonyl (C=O) groups excluding carboxylic acids is 1. The Labute approximate surface area is 365 Å². The highest BCUT2D eigenvalue weighted by Crippen LogP contribution is 2.46. The molecule has 0 radical (unpaired) electrons. The summed E-state index contributed by atoms with van der Waals surface area (Å²) in [4.78, 5) is 33.9. The molecule has 2 saturated carbocycles. The van der Waals surface area contributed by atoms with Crippen LogP contribution in [0.2, 0.25) is 0 Å². The smallest absolute Gasteiger partial charge is 0.303 e. The summed E-state index contributed by atoms with van der Waals surface area (Å²) in [6.07, 6.45) is 30.0. The maximum Gasteiger partial charge on any atom is 0.303 e. The number of aliphatic carboxylic acids is 2. The molecule has 350 valence electrons. The molecule has 2 aliphatic heterocycles. The molecule has 3 N–H and O–H groups in total. The van der Waals surface area contributed by atoms with E-state index in [1.807, 2.05) is 0 Å². The molecule has 0 aromatic heterocycles. The third-order valence-corrected chi connectivity index (χ3v) is 14.6. The van der Waals surface area contributed by atoms with E-state index < -0.39 is 17.7 Å². The zero-order chi connectivity index (χ0) is 43.6. The molecule has 7 atom stereocenters. The van der Waals surface area contributed by atoms with E-state index in [4.69, 9.17) is 29.2 Å². The molecule has 2 heterocycles.